The molecule has 5 rings (SSSR count). The van der Waals surface area contributed by atoms with Gasteiger partial charge in [0.05, 0.1) is 18.3 Å². The van der Waals surface area contributed by atoms with Crippen molar-refractivity contribution in [1.29, 1.82) is 0 Å². The normalized spacial score (nSPS) is 13.1. The minimum atomic E-state index is -1.90. The van der Waals surface area contributed by atoms with Gasteiger partial charge in [0.2, 0.25) is 4.77 Å². The van der Waals surface area contributed by atoms with Gasteiger partial charge >= 0.3 is 0 Å². The molecule has 18 heteroatoms. The van der Waals surface area contributed by atoms with Crippen molar-refractivity contribution in [2.24, 2.45) is 11.6 Å². The van der Waals surface area contributed by atoms with Gasteiger partial charge in [-0.2, -0.15) is 10.2 Å². The van der Waals surface area contributed by atoms with Crippen molar-refractivity contribution in [3.05, 3.63) is 89.7 Å². The van der Waals surface area contributed by atoms with E-state index in [0.717, 1.165) is 17.8 Å². The summed E-state index contributed by atoms with van der Waals surface area (Å²) in [4.78, 5) is 3.88. The highest BCUT2D eigenvalue weighted by molar-refractivity contribution is 7.80. The van der Waals surface area contributed by atoms with Crippen LogP contribution in [0.25, 0.3) is 11.4 Å². The van der Waals surface area contributed by atoms with E-state index >= 15 is 0 Å². The number of hydrogen-bond donors (Lipinski definition) is 4. The van der Waals surface area contributed by atoms with Gasteiger partial charge in [-0.15, -0.1) is 5.10 Å². The summed E-state index contributed by atoms with van der Waals surface area (Å²) in [6.45, 7) is 1.47. The molecule has 0 saturated carbocycles. The fourth-order valence-corrected chi connectivity index (χ4v) is 4.21. The minimum Gasteiger partial charge on any atom is -0.381 e. The first kappa shape index (κ1) is 28.5. The monoisotopic (exact) mass is 587 g/mol. The van der Waals surface area contributed by atoms with Gasteiger partial charge in [-0.05, 0) is 72.1 Å². The molecular formula is C22H23F2N13OS2. The van der Waals surface area contributed by atoms with Gasteiger partial charge in [-0.3, -0.25) is 4.57 Å². The SMILES string of the molecule is C[C@@H](n1ncn(-c2ccc(-n3cnnn3)cc2)c1=S)[C@](O)(Cn1cncn1)c1ccc(F)cc1F.NNC(N)=S. The Bertz CT molecular complexity index is 1620. The van der Waals surface area contributed by atoms with Crippen molar-refractivity contribution >= 4 is 29.5 Å². The molecule has 2 atom stereocenters. The van der Waals surface area contributed by atoms with Crippen molar-refractivity contribution < 1.29 is 13.9 Å². The highest BCUT2D eigenvalue weighted by Crippen LogP contribution is 2.36. The zero-order valence-electron chi connectivity index (χ0n) is 20.8. The highest BCUT2D eigenvalue weighted by atomic mass is 32.1. The molecule has 6 N–H and O–H groups in total. The second kappa shape index (κ2) is 12.1. The molecule has 3 aromatic heterocycles. The van der Waals surface area contributed by atoms with Gasteiger partial charge in [-0.25, -0.2) is 33.7 Å². The Balaban J connectivity index is 0.000000681. The Hall–Kier alpha value is -4.52. The second-order valence-electron chi connectivity index (χ2n) is 8.32. The molecule has 40 heavy (non-hydrogen) atoms. The first-order valence-electron chi connectivity index (χ1n) is 11.4. The summed E-state index contributed by atoms with van der Waals surface area (Å²) in [5.41, 5.74) is 6.26. The third-order valence-corrected chi connectivity index (χ3v) is 6.40. The first-order valence-corrected chi connectivity index (χ1v) is 12.2. The maximum atomic E-state index is 14.9. The van der Waals surface area contributed by atoms with Gasteiger partial charge in [0.25, 0.3) is 0 Å². The second-order valence-corrected chi connectivity index (χ2v) is 9.13. The fraction of sp³-hybridized carbons (Fsp3) is 0.182. The average Bonchev–Trinajstić information content (AvgIpc) is 3.72. The molecule has 0 saturated heterocycles. The zero-order valence-corrected chi connectivity index (χ0v) is 22.4. The number of benzene rings is 2. The van der Waals surface area contributed by atoms with E-state index in [1.807, 2.05) is 29.7 Å². The standard InChI is InChI=1S/C21H18F2N10OS.CH5N3S/c1-14(21(34,9-30-11-24-10-26-30)18-7-2-15(22)8-19(18)23)33-20(35)31(13-27-33)16-3-5-17(6-4-16)32-12-25-28-29-32;2-1(5)4-3/h2-8,10-14,34H,9H2,1H3;3H2,(H3,2,4,5)/t14-,21-;/m1./s1. The lowest BCUT2D eigenvalue weighted by Crippen LogP contribution is -2.41. The Labute approximate surface area is 235 Å². The van der Waals surface area contributed by atoms with E-state index < -0.39 is 23.3 Å². The Morgan fingerprint density at radius 2 is 1.80 bits per heavy atom. The Morgan fingerprint density at radius 3 is 2.38 bits per heavy atom. The molecule has 0 fully saturated rings. The smallest absolute Gasteiger partial charge is 0.202 e. The van der Waals surface area contributed by atoms with E-state index in [9.17, 15) is 13.9 Å². The quantitative estimate of drug-likeness (QED) is 0.121. The van der Waals surface area contributed by atoms with Crippen LogP contribution < -0.4 is 17.0 Å². The largest absolute Gasteiger partial charge is 0.381 e. The van der Waals surface area contributed by atoms with Crippen LogP contribution in [0.15, 0.2) is 67.8 Å². The van der Waals surface area contributed by atoms with E-state index in [0.29, 0.717) is 5.69 Å². The molecule has 0 aliphatic rings. The predicted molar refractivity (Wildman–Crippen MR) is 144 cm³/mol. The number of hydrazine groups is 1. The molecule has 0 spiro atoms. The lowest BCUT2D eigenvalue weighted by molar-refractivity contribution is -0.0375. The van der Waals surface area contributed by atoms with E-state index in [4.69, 9.17) is 18.0 Å². The number of thiocarbonyl (C=S) groups is 1. The van der Waals surface area contributed by atoms with Crippen molar-refractivity contribution in [1.82, 2.24) is 54.7 Å². The minimum absolute atomic E-state index is 0.116. The van der Waals surface area contributed by atoms with Crippen molar-refractivity contribution in [3.63, 3.8) is 0 Å². The molecule has 0 aliphatic heterocycles. The van der Waals surface area contributed by atoms with Gasteiger partial charge in [0, 0.05) is 17.3 Å². The molecule has 3 heterocycles. The molecule has 0 unspecified atom stereocenters. The van der Waals surface area contributed by atoms with E-state index in [1.165, 1.54) is 45.4 Å². The van der Waals surface area contributed by atoms with Gasteiger partial charge in [0.1, 0.15) is 42.5 Å². The number of aliphatic hydroxyl groups is 1. The average molecular weight is 588 g/mol. The number of halogens is 2. The van der Waals surface area contributed by atoms with Gasteiger partial charge in [0.15, 0.2) is 5.11 Å². The number of tetrazole rings is 1. The summed E-state index contributed by atoms with van der Waals surface area (Å²) in [5, 5.41) is 31.4. The van der Waals surface area contributed by atoms with Gasteiger partial charge in [-0.1, -0.05) is 6.07 Å². The van der Waals surface area contributed by atoms with Crippen LogP contribution in [0.3, 0.4) is 0 Å². The lowest BCUT2D eigenvalue weighted by atomic mass is 9.86. The van der Waals surface area contributed by atoms with Crippen LogP contribution in [-0.2, 0) is 12.1 Å². The van der Waals surface area contributed by atoms with Crippen molar-refractivity contribution in [2.45, 2.75) is 25.1 Å². The number of nitrogens with two attached hydrogens (primary N) is 2. The molecule has 5 aromatic rings. The number of rotatable bonds is 7. The maximum absolute atomic E-state index is 14.9. The van der Waals surface area contributed by atoms with Gasteiger partial charge < -0.3 is 16.3 Å². The molecule has 14 nitrogen and oxygen atoms in total. The molecule has 0 aliphatic carbocycles. The summed E-state index contributed by atoms with van der Waals surface area (Å²) in [6.07, 6.45) is 5.67. The summed E-state index contributed by atoms with van der Waals surface area (Å²) < 4.78 is 34.6. The summed E-state index contributed by atoms with van der Waals surface area (Å²) >= 11 is 9.88. The highest BCUT2D eigenvalue weighted by Gasteiger charge is 2.41. The Morgan fingerprint density at radius 1 is 1.10 bits per heavy atom. The van der Waals surface area contributed by atoms with Crippen LogP contribution in [0.5, 0.6) is 0 Å². The maximum Gasteiger partial charge on any atom is 0.202 e. The third kappa shape index (κ3) is 6.04. The van der Waals surface area contributed by atoms with Crippen LogP contribution >= 0.6 is 24.4 Å². The van der Waals surface area contributed by atoms with Crippen LogP contribution in [0.1, 0.15) is 18.5 Å². The van der Waals surface area contributed by atoms with Crippen LogP contribution in [0.2, 0.25) is 0 Å². The molecule has 0 radical (unpaired) electrons. The van der Waals surface area contributed by atoms with Crippen molar-refractivity contribution in [2.75, 3.05) is 0 Å². The Kier molecular flexibility index (Phi) is 8.63. The lowest BCUT2D eigenvalue weighted by Gasteiger charge is -2.34. The number of nitrogens with zero attached hydrogens (tertiary/aromatic N) is 10. The predicted octanol–water partition coefficient (Wildman–Crippen LogP) is 1.09. The summed E-state index contributed by atoms with van der Waals surface area (Å²) in [7, 11) is 0. The zero-order chi connectivity index (χ0) is 28.9. The van der Waals surface area contributed by atoms with E-state index in [2.05, 4.69) is 48.8 Å². The van der Waals surface area contributed by atoms with Crippen LogP contribution in [-0.4, -0.2) is 59.5 Å². The first-order chi connectivity index (χ1) is 19.1. The van der Waals surface area contributed by atoms with Crippen molar-refractivity contribution in [3.8, 4) is 11.4 Å². The number of nitrogens with one attached hydrogen (secondary N) is 1. The molecular weight excluding hydrogens is 564 g/mol. The summed E-state index contributed by atoms with van der Waals surface area (Å²) in [5.74, 6) is 3.00. The van der Waals surface area contributed by atoms with Crippen LogP contribution in [0, 0.1) is 16.4 Å². The molecule has 208 valence electrons. The third-order valence-electron chi connectivity index (χ3n) is 5.90. The molecule has 2 aromatic carbocycles. The molecule has 0 bridgehead atoms. The topological polar surface area (TPSA) is 181 Å². The van der Waals surface area contributed by atoms with E-state index in [1.54, 1.807) is 11.5 Å². The van der Waals surface area contributed by atoms with Crippen LogP contribution in [0.4, 0.5) is 8.78 Å². The summed E-state index contributed by atoms with van der Waals surface area (Å²) in [6, 6.07) is 9.37. The number of hydrogen-bond acceptors (Lipinski definition) is 10. The fourth-order valence-electron chi connectivity index (χ4n) is 3.85. The van der Waals surface area contributed by atoms with E-state index in [-0.39, 0.29) is 22.0 Å². The number of aromatic nitrogens is 10. The molecule has 0 amide bonds.